The normalized spacial score (nSPS) is 19.8. The molecule has 0 bridgehead atoms. The first-order valence-electron chi connectivity index (χ1n) is 16.5. The Morgan fingerprint density at radius 1 is 0.571 bits per heavy atom. The highest BCUT2D eigenvalue weighted by molar-refractivity contribution is 6.30. The third-order valence-electron chi connectivity index (χ3n) is 10.5. The molecule has 236 valence electrons. The molecule has 0 saturated heterocycles. The van der Waals surface area contributed by atoms with Crippen molar-refractivity contribution in [2.75, 3.05) is 39.3 Å². The zero-order chi connectivity index (χ0) is 29.3. The van der Waals surface area contributed by atoms with Crippen molar-refractivity contribution in [2.45, 2.75) is 115 Å². The highest BCUT2D eigenvalue weighted by Crippen LogP contribution is 2.48. The maximum Gasteiger partial charge on any atom is 0.0803 e. The molecule has 0 aliphatic heterocycles. The number of likely N-dealkylation sites (N-methyl/N-ethyl adjacent to an activating group) is 2. The van der Waals surface area contributed by atoms with Gasteiger partial charge >= 0.3 is 0 Å². The summed E-state index contributed by atoms with van der Waals surface area (Å²) in [5.41, 5.74) is 2.79. The van der Waals surface area contributed by atoms with Gasteiger partial charge < -0.3 is 14.5 Å². The van der Waals surface area contributed by atoms with Crippen LogP contribution in [-0.4, -0.2) is 61.3 Å². The van der Waals surface area contributed by atoms with Gasteiger partial charge in [0, 0.05) is 34.0 Å². The van der Waals surface area contributed by atoms with Crippen LogP contribution in [0.25, 0.3) is 0 Å². The van der Waals surface area contributed by atoms with Gasteiger partial charge in [-0.1, -0.05) is 114 Å². The summed E-state index contributed by atoms with van der Waals surface area (Å²) in [5.74, 6) is 0. The molecule has 2 unspecified atom stereocenters. The van der Waals surface area contributed by atoms with E-state index in [4.69, 9.17) is 27.9 Å². The molecule has 0 N–H and O–H groups in total. The fourth-order valence-electron chi connectivity index (χ4n) is 7.85. The maximum atomic E-state index is 7.82. The standard InChI is InChI=1S/C36H54Cl2N2O.ClH/c1-5-39(6-2)27-33(35(23-11-9-12-24-35)29-15-19-31(37)20-16-29)41-34(28-40(7-3)8-4)36(25-13-10-14-26-36)30-17-21-32(38)22-18-30;/h15-22,33-34H,5-14,23-28H2,1-4H3;1H. The summed E-state index contributed by atoms with van der Waals surface area (Å²) in [6, 6.07) is 17.5. The highest BCUT2D eigenvalue weighted by Gasteiger charge is 2.48. The lowest BCUT2D eigenvalue weighted by molar-refractivity contribution is -0.121. The molecule has 2 aromatic rings. The van der Waals surface area contributed by atoms with Crippen LogP contribution in [0.2, 0.25) is 10.0 Å². The van der Waals surface area contributed by atoms with Crippen LogP contribution in [0.5, 0.6) is 0 Å². The lowest BCUT2D eigenvalue weighted by Gasteiger charge is -2.51. The van der Waals surface area contributed by atoms with E-state index in [9.17, 15) is 0 Å². The average molecular weight is 638 g/mol. The van der Waals surface area contributed by atoms with Crippen molar-refractivity contribution >= 4 is 35.6 Å². The Morgan fingerprint density at radius 2 is 0.881 bits per heavy atom. The minimum absolute atomic E-state index is 0. The van der Waals surface area contributed by atoms with E-state index in [-0.39, 0.29) is 35.4 Å². The van der Waals surface area contributed by atoms with Crippen LogP contribution in [-0.2, 0) is 15.6 Å². The van der Waals surface area contributed by atoms with Gasteiger partial charge in [-0.15, -0.1) is 12.4 Å². The van der Waals surface area contributed by atoms with Gasteiger partial charge in [-0.05, 0) is 87.3 Å². The van der Waals surface area contributed by atoms with Crippen molar-refractivity contribution in [2.24, 2.45) is 0 Å². The van der Waals surface area contributed by atoms with Crippen molar-refractivity contribution in [1.82, 2.24) is 9.80 Å². The van der Waals surface area contributed by atoms with E-state index < -0.39 is 0 Å². The topological polar surface area (TPSA) is 15.7 Å². The first-order valence-corrected chi connectivity index (χ1v) is 17.3. The van der Waals surface area contributed by atoms with Gasteiger partial charge in [0.1, 0.15) is 0 Å². The monoisotopic (exact) mass is 636 g/mol. The van der Waals surface area contributed by atoms with Crippen LogP contribution in [0.15, 0.2) is 48.5 Å². The van der Waals surface area contributed by atoms with Crippen LogP contribution in [0, 0.1) is 0 Å². The summed E-state index contributed by atoms with van der Waals surface area (Å²) in [4.78, 5) is 5.17. The molecule has 0 heterocycles. The molecule has 2 aliphatic rings. The molecular weight excluding hydrogens is 583 g/mol. The van der Waals surface area contributed by atoms with Crippen LogP contribution < -0.4 is 0 Å². The van der Waals surface area contributed by atoms with Gasteiger partial charge in [0.15, 0.2) is 0 Å². The Morgan fingerprint density at radius 3 is 1.17 bits per heavy atom. The number of hydrogen-bond donors (Lipinski definition) is 0. The Balaban J connectivity index is 0.00000484. The second kappa shape index (κ2) is 17.0. The Kier molecular flexibility index (Phi) is 14.5. The third-order valence-corrected chi connectivity index (χ3v) is 11.0. The van der Waals surface area contributed by atoms with E-state index in [0.29, 0.717) is 0 Å². The molecule has 2 saturated carbocycles. The molecule has 2 fully saturated rings. The number of ether oxygens (including phenoxy) is 1. The van der Waals surface area contributed by atoms with E-state index in [0.717, 1.165) is 49.3 Å². The van der Waals surface area contributed by atoms with Gasteiger partial charge in [0.25, 0.3) is 0 Å². The summed E-state index contributed by atoms with van der Waals surface area (Å²) in [6.07, 6.45) is 12.5. The van der Waals surface area contributed by atoms with E-state index in [1.54, 1.807) is 0 Å². The van der Waals surface area contributed by atoms with Gasteiger partial charge in [-0.3, -0.25) is 0 Å². The lowest BCUT2D eigenvalue weighted by atomic mass is 9.64. The fourth-order valence-corrected chi connectivity index (χ4v) is 8.10. The molecule has 0 radical (unpaired) electrons. The van der Waals surface area contributed by atoms with Gasteiger partial charge in [-0.25, -0.2) is 0 Å². The minimum atomic E-state index is -0.0111. The summed E-state index contributed by atoms with van der Waals surface area (Å²) >= 11 is 12.8. The van der Waals surface area contributed by atoms with Crippen LogP contribution >= 0.6 is 35.6 Å². The molecule has 4 rings (SSSR count). The summed E-state index contributed by atoms with van der Waals surface area (Å²) in [7, 11) is 0. The molecule has 0 spiro atoms. The fraction of sp³-hybridized carbons (Fsp3) is 0.667. The van der Waals surface area contributed by atoms with Crippen LogP contribution in [0.1, 0.15) is 103 Å². The minimum Gasteiger partial charge on any atom is -0.370 e. The molecular formula is C36H55Cl3N2O. The molecule has 3 nitrogen and oxygen atoms in total. The molecule has 2 atom stereocenters. The van der Waals surface area contributed by atoms with E-state index >= 15 is 0 Å². The van der Waals surface area contributed by atoms with Gasteiger partial charge in [0.2, 0.25) is 0 Å². The van der Waals surface area contributed by atoms with Crippen molar-refractivity contribution in [3.05, 3.63) is 69.7 Å². The van der Waals surface area contributed by atoms with E-state index in [1.807, 2.05) is 0 Å². The van der Waals surface area contributed by atoms with E-state index in [2.05, 4.69) is 86.0 Å². The summed E-state index contributed by atoms with van der Waals surface area (Å²) in [5, 5.41) is 1.62. The maximum absolute atomic E-state index is 7.82. The van der Waals surface area contributed by atoms with Crippen molar-refractivity contribution in [3.63, 3.8) is 0 Å². The molecule has 2 aliphatic carbocycles. The van der Waals surface area contributed by atoms with Crippen molar-refractivity contribution in [1.29, 1.82) is 0 Å². The average Bonchev–Trinajstić information content (AvgIpc) is 3.02. The summed E-state index contributed by atoms with van der Waals surface area (Å²) < 4.78 is 7.82. The van der Waals surface area contributed by atoms with Crippen LogP contribution in [0.3, 0.4) is 0 Å². The van der Waals surface area contributed by atoms with Crippen LogP contribution in [0.4, 0.5) is 0 Å². The van der Waals surface area contributed by atoms with E-state index in [1.165, 1.54) is 75.3 Å². The number of benzene rings is 2. The van der Waals surface area contributed by atoms with Gasteiger partial charge in [-0.2, -0.15) is 0 Å². The lowest BCUT2D eigenvalue weighted by Crippen LogP contribution is -2.56. The number of hydrogen-bond acceptors (Lipinski definition) is 3. The largest absolute Gasteiger partial charge is 0.370 e. The smallest absolute Gasteiger partial charge is 0.0803 e. The molecule has 0 aromatic heterocycles. The quantitative estimate of drug-likeness (QED) is 0.205. The Bertz CT molecular complexity index is 941. The first kappa shape index (κ1) is 35.7. The van der Waals surface area contributed by atoms with Crippen molar-refractivity contribution in [3.8, 4) is 0 Å². The zero-order valence-corrected chi connectivity index (χ0v) is 28.9. The first-order chi connectivity index (χ1) is 19.9. The Labute approximate surface area is 273 Å². The predicted octanol–water partition coefficient (Wildman–Crippen LogP) is 9.96. The SMILES string of the molecule is CCN(CC)CC(OC(CN(CC)CC)C1(c2ccc(Cl)cc2)CCCCC1)C1(c2ccc(Cl)cc2)CCCCC1.Cl. The van der Waals surface area contributed by atoms with Crippen molar-refractivity contribution < 1.29 is 4.74 Å². The molecule has 0 amide bonds. The molecule has 42 heavy (non-hydrogen) atoms. The number of nitrogens with zero attached hydrogens (tertiary/aromatic N) is 2. The molecule has 2 aromatic carbocycles. The predicted molar refractivity (Wildman–Crippen MR) is 184 cm³/mol. The summed E-state index contributed by atoms with van der Waals surface area (Å²) in [6.45, 7) is 15.2. The second-order valence-electron chi connectivity index (χ2n) is 12.5. The van der Waals surface area contributed by atoms with Gasteiger partial charge in [0.05, 0.1) is 12.2 Å². The Hall–Kier alpha value is -0.810. The number of halogens is 3. The highest BCUT2D eigenvalue weighted by atomic mass is 35.5. The number of rotatable bonds is 14. The third kappa shape index (κ3) is 8.26. The zero-order valence-electron chi connectivity index (χ0n) is 26.6. The second-order valence-corrected chi connectivity index (χ2v) is 13.4. The molecule has 6 heteroatoms.